The van der Waals surface area contributed by atoms with E-state index in [0.717, 1.165) is 22.8 Å². The molecule has 1 N–H and O–H groups in total. The molecule has 0 radical (unpaired) electrons. The lowest BCUT2D eigenvalue weighted by Gasteiger charge is -2.26. The topological polar surface area (TPSA) is 60.5 Å². The van der Waals surface area contributed by atoms with E-state index < -0.39 is 0 Å². The lowest BCUT2D eigenvalue weighted by atomic mass is 10.2. The van der Waals surface area contributed by atoms with Crippen LogP contribution in [0.1, 0.15) is 6.42 Å². The van der Waals surface area contributed by atoms with Crippen LogP contribution in [0.2, 0.25) is 0 Å². The largest absolute Gasteiger partial charge is 0.486 e. The third-order valence-corrected chi connectivity index (χ3v) is 4.39. The predicted molar refractivity (Wildman–Crippen MR) is 88.9 cm³/mol. The van der Waals surface area contributed by atoms with Gasteiger partial charge in [-0.15, -0.1) is 11.8 Å². The number of hydrogen-bond acceptors (Lipinski definition) is 5. The van der Waals surface area contributed by atoms with Gasteiger partial charge in [0, 0.05) is 30.3 Å². The lowest BCUT2D eigenvalue weighted by molar-refractivity contribution is -0.118. The van der Waals surface area contributed by atoms with Gasteiger partial charge in [-0.2, -0.15) is 0 Å². The number of benzene rings is 1. The molecule has 23 heavy (non-hydrogen) atoms. The van der Waals surface area contributed by atoms with Crippen LogP contribution in [0.3, 0.4) is 0 Å². The normalized spacial score (nSPS) is 15.9. The average molecular weight is 330 g/mol. The highest BCUT2D eigenvalue weighted by molar-refractivity contribution is 8.00. The number of thioether (sulfide) groups is 1. The molecular weight excluding hydrogens is 312 g/mol. The summed E-state index contributed by atoms with van der Waals surface area (Å²) < 4.78 is 11.5. The number of nitrogens with zero attached hydrogens (tertiary/aromatic N) is 1. The van der Waals surface area contributed by atoms with Crippen LogP contribution in [0, 0.1) is 0 Å². The van der Waals surface area contributed by atoms with Crippen molar-refractivity contribution in [3.63, 3.8) is 0 Å². The molecule has 1 aromatic carbocycles. The molecule has 0 spiro atoms. The molecule has 3 rings (SSSR count). The van der Waals surface area contributed by atoms with Crippen molar-refractivity contribution in [1.29, 1.82) is 0 Å². The molecule has 0 bridgehead atoms. The van der Waals surface area contributed by atoms with Crippen molar-refractivity contribution >= 4 is 17.7 Å². The number of nitrogens with one attached hydrogen (secondary N) is 1. The minimum Gasteiger partial charge on any atom is -0.486 e. The minimum atomic E-state index is -0.0296. The summed E-state index contributed by atoms with van der Waals surface area (Å²) in [5.74, 6) is 1.96. The number of rotatable bonds is 6. The summed E-state index contributed by atoms with van der Waals surface area (Å²) in [6.07, 6.45) is 4.13. The zero-order chi connectivity index (χ0) is 15.9. The minimum absolute atomic E-state index is 0.0175. The number of hydrogen-bond donors (Lipinski definition) is 1. The Bertz CT molecular complexity index is 651. The van der Waals surface area contributed by atoms with Gasteiger partial charge >= 0.3 is 0 Å². The van der Waals surface area contributed by atoms with E-state index in [2.05, 4.69) is 10.3 Å². The quantitative estimate of drug-likeness (QED) is 0.825. The molecule has 0 aliphatic carbocycles. The van der Waals surface area contributed by atoms with Gasteiger partial charge in [0.15, 0.2) is 11.5 Å². The van der Waals surface area contributed by atoms with Crippen LogP contribution in [0.15, 0.2) is 53.7 Å². The first-order valence-electron chi connectivity index (χ1n) is 7.49. The first-order chi connectivity index (χ1) is 11.3. The maximum atomic E-state index is 11.8. The Morgan fingerprint density at radius 1 is 1.22 bits per heavy atom. The molecule has 0 fully saturated rings. The highest BCUT2D eigenvalue weighted by Crippen LogP contribution is 2.31. The van der Waals surface area contributed by atoms with Gasteiger partial charge in [0.05, 0.1) is 5.75 Å². The van der Waals surface area contributed by atoms with Crippen molar-refractivity contribution in [1.82, 2.24) is 10.3 Å². The standard InChI is InChI=1S/C17H18N2O3S/c20-17(12-23-14-6-8-18-9-7-14)19-10-5-13-11-21-15-3-1-2-4-16(15)22-13/h1-4,6-9,13H,5,10-12H2,(H,19,20)/t13-/m0/s1. The summed E-state index contributed by atoms with van der Waals surface area (Å²) in [5, 5.41) is 2.91. The Morgan fingerprint density at radius 2 is 2.00 bits per heavy atom. The average Bonchev–Trinajstić information content (AvgIpc) is 2.61. The third kappa shape index (κ3) is 4.63. The van der Waals surface area contributed by atoms with E-state index in [9.17, 15) is 4.79 Å². The first kappa shape index (κ1) is 15.7. The molecule has 1 amide bonds. The Morgan fingerprint density at radius 3 is 2.83 bits per heavy atom. The fraction of sp³-hybridized carbons (Fsp3) is 0.294. The van der Waals surface area contributed by atoms with Crippen molar-refractivity contribution in [3.8, 4) is 11.5 Å². The van der Waals surface area contributed by atoms with Gasteiger partial charge in [-0.05, 0) is 24.3 Å². The molecule has 0 saturated carbocycles. The molecule has 0 unspecified atom stereocenters. The van der Waals surface area contributed by atoms with Gasteiger partial charge in [0.25, 0.3) is 0 Å². The molecule has 5 nitrogen and oxygen atoms in total. The Kier molecular flexibility index (Phi) is 5.37. The summed E-state index contributed by atoms with van der Waals surface area (Å²) in [7, 11) is 0. The second-order valence-electron chi connectivity index (χ2n) is 5.11. The molecule has 1 aliphatic rings. The van der Waals surface area contributed by atoms with Gasteiger partial charge in [-0.25, -0.2) is 0 Å². The molecule has 0 saturated heterocycles. The third-order valence-electron chi connectivity index (χ3n) is 3.38. The number of aromatic nitrogens is 1. The SMILES string of the molecule is O=C(CSc1ccncc1)NCC[C@H]1COc2ccccc2O1. The zero-order valence-corrected chi connectivity index (χ0v) is 13.4. The van der Waals surface area contributed by atoms with E-state index in [1.54, 1.807) is 12.4 Å². The van der Waals surface area contributed by atoms with Crippen LogP contribution >= 0.6 is 11.8 Å². The van der Waals surface area contributed by atoms with E-state index in [-0.39, 0.29) is 12.0 Å². The van der Waals surface area contributed by atoms with Crippen molar-refractivity contribution < 1.29 is 14.3 Å². The summed E-state index contributed by atoms with van der Waals surface area (Å²) in [5.41, 5.74) is 0. The van der Waals surface area contributed by atoms with Crippen molar-refractivity contribution in [2.45, 2.75) is 17.4 Å². The molecule has 1 aliphatic heterocycles. The number of fused-ring (bicyclic) bond motifs is 1. The summed E-state index contributed by atoms with van der Waals surface area (Å²) in [6, 6.07) is 11.4. The van der Waals surface area contributed by atoms with Crippen molar-refractivity contribution in [3.05, 3.63) is 48.8 Å². The number of carbonyl (C=O) groups is 1. The van der Waals surface area contributed by atoms with E-state index >= 15 is 0 Å². The molecule has 2 aromatic rings. The number of pyridine rings is 1. The molecule has 1 aromatic heterocycles. The number of amides is 1. The number of para-hydroxylation sites is 2. The van der Waals surface area contributed by atoms with Gasteiger partial charge in [0.1, 0.15) is 12.7 Å². The fourth-order valence-electron chi connectivity index (χ4n) is 2.21. The number of carbonyl (C=O) groups excluding carboxylic acids is 1. The van der Waals surface area contributed by atoms with E-state index in [1.807, 2.05) is 36.4 Å². The lowest BCUT2D eigenvalue weighted by Crippen LogP contribution is -2.34. The molecule has 2 heterocycles. The molecule has 1 atom stereocenters. The van der Waals surface area contributed by atoms with Crippen LogP contribution in [0.25, 0.3) is 0 Å². The fourth-order valence-corrected chi connectivity index (χ4v) is 2.93. The monoisotopic (exact) mass is 330 g/mol. The van der Waals surface area contributed by atoms with Crippen LogP contribution in [0.5, 0.6) is 11.5 Å². The van der Waals surface area contributed by atoms with Gasteiger partial charge in [-0.3, -0.25) is 9.78 Å². The maximum Gasteiger partial charge on any atom is 0.230 e. The Labute approximate surface area is 139 Å². The van der Waals surface area contributed by atoms with Gasteiger partial charge < -0.3 is 14.8 Å². The maximum absolute atomic E-state index is 11.8. The van der Waals surface area contributed by atoms with E-state index in [0.29, 0.717) is 18.9 Å². The van der Waals surface area contributed by atoms with Crippen LogP contribution in [-0.4, -0.2) is 35.9 Å². The Hall–Kier alpha value is -2.21. The van der Waals surface area contributed by atoms with Crippen molar-refractivity contribution in [2.24, 2.45) is 0 Å². The number of ether oxygens (including phenoxy) is 2. The van der Waals surface area contributed by atoms with Crippen LogP contribution in [0.4, 0.5) is 0 Å². The van der Waals surface area contributed by atoms with Gasteiger partial charge in [-0.1, -0.05) is 12.1 Å². The highest BCUT2D eigenvalue weighted by Gasteiger charge is 2.20. The summed E-state index contributed by atoms with van der Waals surface area (Å²) in [6.45, 7) is 1.09. The first-order valence-corrected chi connectivity index (χ1v) is 8.48. The highest BCUT2D eigenvalue weighted by atomic mass is 32.2. The second kappa shape index (κ2) is 7.87. The molecular formula is C17H18N2O3S. The smallest absolute Gasteiger partial charge is 0.230 e. The van der Waals surface area contributed by atoms with Gasteiger partial charge in [0.2, 0.25) is 5.91 Å². The van der Waals surface area contributed by atoms with E-state index in [4.69, 9.17) is 9.47 Å². The summed E-state index contributed by atoms with van der Waals surface area (Å²) in [4.78, 5) is 16.8. The van der Waals surface area contributed by atoms with Crippen LogP contribution in [-0.2, 0) is 4.79 Å². The zero-order valence-electron chi connectivity index (χ0n) is 12.6. The predicted octanol–water partition coefficient (Wildman–Crippen LogP) is 2.52. The molecule has 120 valence electrons. The summed E-state index contributed by atoms with van der Waals surface area (Å²) >= 11 is 1.50. The molecule has 6 heteroatoms. The second-order valence-corrected chi connectivity index (χ2v) is 6.16. The van der Waals surface area contributed by atoms with Crippen molar-refractivity contribution in [2.75, 3.05) is 18.9 Å². The Balaban J connectivity index is 1.36. The van der Waals surface area contributed by atoms with E-state index in [1.165, 1.54) is 11.8 Å². The van der Waals surface area contributed by atoms with Crippen LogP contribution < -0.4 is 14.8 Å².